The molecule has 2 amide bonds. The van der Waals surface area contributed by atoms with E-state index in [-0.39, 0.29) is 18.2 Å². The Balaban J connectivity index is 1.72. The number of alkyl halides is 3. The number of hydrogen-bond acceptors (Lipinski definition) is 4. The van der Waals surface area contributed by atoms with E-state index in [9.17, 15) is 27.6 Å². The molecular formula is C23H25F3N2O4. The molecule has 1 aromatic carbocycles. The van der Waals surface area contributed by atoms with Gasteiger partial charge in [-0.15, -0.1) is 13.2 Å². The summed E-state index contributed by atoms with van der Waals surface area (Å²) in [5, 5.41) is 0. The van der Waals surface area contributed by atoms with Crippen molar-refractivity contribution in [1.29, 1.82) is 0 Å². The van der Waals surface area contributed by atoms with E-state index >= 15 is 0 Å². The summed E-state index contributed by atoms with van der Waals surface area (Å²) in [6, 6.07) is 2.84. The molecule has 3 aliphatic rings. The summed E-state index contributed by atoms with van der Waals surface area (Å²) in [4.78, 5) is 42.4. The van der Waals surface area contributed by atoms with Crippen LogP contribution in [0.15, 0.2) is 23.9 Å². The highest BCUT2D eigenvalue weighted by molar-refractivity contribution is 6.38. The number of fused-ring (bicyclic) bond motifs is 5. The van der Waals surface area contributed by atoms with Crippen LogP contribution < -0.4 is 4.74 Å². The van der Waals surface area contributed by atoms with Gasteiger partial charge < -0.3 is 14.5 Å². The second-order valence-electron chi connectivity index (χ2n) is 9.14. The molecule has 1 aromatic rings. The lowest BCUT2D eigenvalue weighted by molar-refractivity contribution is -0.274. The van der Waals surface area contributed by atoms with E-state index in [2.05, 4.69) is 4.74 Å². The van der Waals surface area contributed by atoms with Gasteiger partial charge in [0.1, 0.15) is 11.8 Å². The minimum atomic E-state index is -4.81. The molecule has 2 unspecified atom stereocenters. The zero-order valence-corrected chi connectivity index (χ0v) is 18.2. The quantitative estimate of drug-likeness (QED) is 0.650. The van der Waals surface area contributed by atoms with Crippen molar-refractivity contribution >= 4 is 23.7 Å². The molecular weight excluding hydrogens is 425 g/mol. The first-order valence-corrected chi connectivity index (χ1v) is 10.7. The van der Waals surface area contributed by atoms with Gasteiger partial charge in [-0.05, 0) is 55.0 Å². The summed E-state index contributed by atoms with van der Waals surface area (Å²) in [5.41, 5.74) is 0.890. The first-order valence-electron chi connectivity index (χ1n) is 10.7. The molecule has 6 nitrogen and oxygen atoms in total. The fraction of sp³-hybridized carbons (Fsp3) is 0.522. The van der Waals surface area contributed by atoms with E-state index in [1.54, 1.807) is 24.8 Å². The molecule has 2 bridgehead atoms. The highest BCUT2D eigenvalue weighted by Crippen LogP contribution is 2.41. The minimum absolute atomic E-state index is 0.204. The SMILES string of the molecule is CCC(C)(C)C(=O)C(=O)N1C2CCCC1C1=Cc3cc(OC(F)(F)F)ccc3CN1C2=O. The number of carbonyl (C=O) groups excluding carboxylic acids is 3. The molecule has 0 aromatic heterocycles. The molecule has 4 rings (SSSR count). The van der Waals surface area contributed by atoms with E-state index in [1.165, 1.54) is 23.1 Å². The summed E-state index contributed by atoms with van der Waals surface area (Å²) >= 11 is 0. The number of piperazine rings is 1. The van der Waals surface area contributed by atoms with Crippen molar-refractivity contribution in [3.8, 4) is 5.75 Å². The fourth-order valence-electron chi connectivity index (χ4n) is 4.59. The number of benzene rings is 1. The Bertz CT molecular complexity index is 1010. The van der Waals surface area contributed by atoms with Crippen molar-refractivity contribution in [2.45, 2.75) is 71.4 Å². The lowest BCUT2D eigenvalue weighted by Gasteiger charge is -2.51. The van der Waals surface area contributed by atoms with E-state index in [4.69, 9.17) is 0 Å². The standard InChI is InChI=1S/C23H25F3N2O4/c1-4-22(2,3)19(29)21(31)28-16-6-5-7-17(28)20(30)27-12-13-8-9-15(32-23(24,25)26)10-14(13)11-18(16)27/h8-11,16-17H,4-7,12H2,1-3H3. The third-order valence-electron chi connectivity index (χ3n) is 6.74. The molecule has 0 spiro atoms. The maximum absolute atomic E-state index is 13.3. The van der Waals surface area contributed by atoms with Crippen LogP contribution >= 0.6 is 0 Å². The summed E-state index contributed by atoms with van der Waals surface area (Å²) in [5.74, 6) is -1.81. The topological polar surface area (TPSA) is 66.9 Å². The maximum atomic E-state index is 13.3. The van der Waals surface area contributed by atoms with Gasteiger partial charge in [-0.2, -0.15) is 0 Å². The first kappa shape index (κ1) is 22.4. The lowest BCUT2D eigenvalue weighted by atomic mass is 9.81. The molecule has 172 valence electrons. The van der Waals surface area contributed by atoms with Gasteiger partial charge in [-0.1, -0.05) is 26.8 Å². The Kier molecular flexibility index (Phi) is 5.33. The Morgan fingerprint density at radius 3 is 2.50 bits per heavy atom. The van der Waals surface area contributed by atoms with Crippen molar-refractivity contribution in [1.82, 2.24) is 9.80 Å². The van der Waals surface area contributed by atoms with Crippen molar-refractivity contribution in [3.05, 3.63) is 35.0 Å². The molecule has 0 N–H and O–H groups in total. The van der Waals surface area contributed by atoms with Crippen LogP contribution in [0.4, 0.5) is 13.2 Å². The van der Waals surface area contributed by atoms with Crippen molar-refractivity contribution < 1.29 is 32.3 Å². The monoisotopic (exact) mass is 450 g/mol. The largest absolute Gasteiger partial charge is 0.573 e. The number of ether oxygens (including phenoxy) is 1. The number of halogens is 3. The molecule has 9 heteroatoms. The molecule has 3 aliphatic heterocycles. The van der Waals surface area contributed by atoms with Crippen LogP contribution in [-0.4, -0.2) is 45.8 Å². The molecule has 0 aliphatic carbocycles. The number of rotatable bonds is 4. The summed E-state index contributed by atoms with van der Waals surface area (Å²) in [7, 11) is 0. The predicted octanol–water partition coefficient (Wildman–Crippen LogP) is 4.04. The number of hydrogen-bond donors (Lipinski definition) is 0. The van der Waals surface area contributed by atoms with E-state index in [0.717, 1.165) is 0 Å². The molecule has 0 radical (unpaired) electrons. The van der Waals surface area contributed by atoms with Gasteiger partial charge in [0.15, 0.2) is 0 Å². The third-order valence-corrected chi connectivity index (χ3v) is 6.74. The van der Waals surface area contributed by atoms with Crippen LogP contribution in [0.3, 0.4) is 0 Å². The van der Waals surface area contributed by atoms with E-state index in [1.807, 2.05) is 6.92 Å². The summed E-state index contributed by atoms with van der Waals surface area (Å²) in [6.07, 6.45) is -0.914. The van der Waals surface area contributed by atoms with Gasteiger partial charge in [0.25, 0.3) is 5.91 Å². The smallest absolute Gasteiger partial charge is 0.406 e. The normalized spacial score (nSPS) is 22.7. The van der Waals surface area contributed by atoms with Crippen LogP contribution in [0.2, 0.25) is 0 Å². The zero-order valence-electron chi connectivity index (χ0n) is 18.2. The molecule has 2 atom stereocenters. The minimum Gasteiger partial charge on any atom is -0.406 e. The summed E-state index contributed by atoms with van der Waals surface area (Å²) in [6.45, 7) is 5.45. The van der Waals surface area contributed by atoms with Crippen LogP contribution in [0.1, 0.15) is 57.6 Å². The van der Waals surface area contributed by atoms with Crippen molar-refractivity contribution in [3.63, 3.8) is 0 Å². The molecule has 2 saturated heterocycles. The Labute approximate surface area is 184 Å². The van der Waals surface area contributed by atoms with Gasteiger partial charge in [0, 0.05) is 11.1 Å². The van der Waals surface area contributed by atoms with Gasteiger partial charge in [-0.3, -0.25) is 14.4 Å². The lowest BCUT2D eigenvalue weighted by Crippen LogP contribution is -2.65. The number of nitrogens with zero attached hydrogens (tertiary/aromatic N) is 2. The van der Waals surface area contributed by atoms with Crippen LogP contribution in [0, 0.1) is 5.41 Å². The summed E-state index contributed by atoms with van der Waals surface area (Å²) < 4.78 is 41.9. The second-order valence-corrected chi connectivity index (χ2v) is 9.14. The van der Waals surface area contributed by atoms with Crippen LogP contribution in [0.5, 0.6) is 5.75 Å². The van der Waals surface area contributed by atoms with Crippen LogP contribution in [-0.2, 0) is 20.9 Å². The Hall–Kier alpha value is -2.84. The molecule has 3 heterocycles. The average molecular weight is 450 g/mol. The number of Topliss-reactive ketones (excluding diaryl/α,β-unsaturated/α-hetero) is 1. The second kappa shape index (κ2) is 7.64. The molecule has 0 saturated carbocycles. The van der Waals surface area contributed by atoms with Gasteiger partial charge >= 0.3 is 6.36 Å². The molecule has 32 heavy (non-hydrogen) atoms. The van der Waals surface area contributed by atoms with Gasteiger partial charge in [0.05, 0.1) is 12.6 Å². The van der Waals surface area contributed by atoms with Gasteiger partial charge in [0.2, 0.25) is 11.7 Å². The number of piperidine rings is 1. The maximum Gasteiger partial charge on any atom is 0.573 e. The number of ketones is 1. The number of carbonyl (C=O) groups is 3. The predicted molar refractivity (Wildman–Crippen MR) is 109 cm³/mol. The Morgan fingerprint density at radius 1 is 1.16 bits per heavy atom. The van der Waals surface area contributed by atoms with Crippen molar-refractivity contribution in [2.24, 2.45) is 5.41 Å². The highest BCUT2D eigenvalue weighted by atomic mass is 19.4. The highest BCUT2D eigenvalue weighted by Gasteiger charge is 2.51. The Morgan fingerprint density at radius 2 is 1.84 bits per heavy atom. The first-order chi connectivity index (χ1) is 14.9. The zero-order chi connectivity index (χ0) is 23.4. The van der Waals surface area contributed by atoms with Crippen molar-refractivity contribution in [2.75, 3.05) is 0 Å². The number of amides is 2. The van der Waals surface area contributed by atoms with E-state index in [0.29, 0.717) is 42.5 Å². The van der Waals surface area contributed by atoms with Crippen LogP contribution in [0.25, 0.3) is 6.08 Å². The fourth-order valence-corrected chi connectivity index (χ4v) is 4.59. The van der Waals surface area contributed by atoms with E-state index < -0.39 is 35.6 Å². The average Bonchev–Trinajstić information content (AvgIpc) is 2.74. The molecule has 2 fully saturated rings. The van der Waals surface area contributed by atoms with Gasteiger partial charge in [-0.25, -0.2) is 0 Å². The third kappa shape index (κ3) is 3.78.